The number of nitrogens with zero attached hydrogens (tertiary/aromatic N) is 2. The molecule has 2 aromatic carbocycles. The second-order valence-corrected chi connectivity index (χ2v) is 8.29. The van der Waals surface area contributed by atoms with Gasteiger partial charge in [0, 0.05) is 42.5 Å². The summed E-state index contributed by atoms with van der Waals surface area (Å²) in [6.45, 7) is 1.53. The molecule has 160 valence electrons. The molecule has 0 spiro atoms. The zero-order valence-electron chi connectivity index (χ0n) is 16.0. The Morgan fingerprint density at radius 3 is 2.03 bits per heavy atom. The molecular weight excluding hydrogens is 437 g/mol. The van der Waals surface area contributed by atoms with Gasteiger partial charge in [-0.15, -0.1) is 11.8 Å². The van der Waals surface area contributed by atoms with Crippen molar-refractivity contribution in [3.05, 3.63) is 70.2 Å². The van der Waals surface area contributed by atoms with Crippen LogP contribution >= 0.6 is 23.4 Å². The third-order valence-electron chi connectivity index (χ3n) is 4.79. The van der Waals surface area contributed by atoms with Crippen LogP contribution in [0.5, 0.6) is 0 Å². The fourth-order valence-electron chi connectivity index (χ4n) is 3.07. The van der Waals surface area contributed by atoms with Crippen LogP contribution in [0.3, 0.4) is 0 Å². The van der Waals surface area contributed by atoms with E-state index in [4.69, 9.17) is 11.6 Å². The summed E-state index contributed by atoms with van der Waals surface area (Å²) in [4.78, 5) is 28.2. The molecule has 2 amide bonds. The summed E-state index contributed by atoms with van der Waals surface area (Å²) in [5, 5.41) is 0.670. The Morgan fingerprint density at radius 2 is 1.47 bits per heavy atom. The maximum Gasteiger partial charge on any atom is 0.416 e. The van der Waals surface area contributed by atoms with Crippen molar-refractivity contribution in [1.29, 1.82) is 0 Å². The molecule has 0 aliphatic carbocycles. The van der Waals surface area contributed by atoms with Gasteiger partial charge in [0.1, 0.15) is 0 Å². The molecule has 0 saturated carbocycles. The van der Waals surface area contributed by atoms with Crippen molar-refractivity contribution in [3.8, 4) is 0 Å². The molecule has 1 aliphatic heterocycles. The van der Waals surface area contributed by atoms with Crippen LogP contribution in [0.1, 0.15) is 21.5 Å². The van der Waals surface area contributed by atoms with Crippen LogP contribution in [0, 0.1) is 0 Å². The smallest absolute Gasteiger partial charge is 0.338 e. The minimum Gasteiger partial charge on any atom is -0.338 e. The van der Waals surface area contributed by atoms with Gasteiger partial charge in [0.2, 0.25) is 5.91 Å². The minimum atomic E-state index is -4.43. The number of hydrogen-bond donors (Lipinski definition) is 0. The molecule has 0 N–H and O–H groups in total. The summed E-state index contributed by atoms with van der Waals surface area (Å²) >= 11 is 7.37. The molecule has 9 heteroatoms. The van der Waals surface area contributed by atoms with Crippen LogP contribution < -0.4 is 0 Å². The van der Waals surface area contributed by atoms with Gasteiger partial charge in [-0.1, -0.05) is 23.7 Å². The lowest BCUT2D eigenvalue weighted by Crippen LogP contribution is -2.51. The fourth-order valence-corrected chi connectivity index (χ4v) is 4.08. The molecule has 1 heterocycles. The van der Waals surface area contributed by atoms with E-state index in [-0.39, 0.29) is 17.4 Å². The summed E-state index contributed by atoms with van der Waals surface area (Å²) in [6.07, 6.45) is -4.43. The second kappa shape index (κ2) is 9.75. The molecule has 0 radical (unpaired) electrons. The average Bonchev–Trinajstić information content (AvgIpc) is 2.74. The molecule has 4 nitrogen and oxygen atoms in total. The molecule has 0 atom stereocenters. The number of piperazine rings is 1. The first-order valence-corrected chi connectivity index (χ1v) is 10.8. The van der Waals surface area contributed by atoms with Crippen molar-refractivity contribution in [1.82, 2.24) is 9.80 Å². The number of alkyl halides is 3. The molecule has 0 aromatic heterocycles. The molecule has 1 aliphatic rings. The number of halogens is 4. The number of amides is 2. The summed E-state index contributed by atoms with van der Waals surface area (Å²) in [5.41, 5.74) is 0.510. The number of hydrogen-bond acceptors (Lipinski definition) is 3. The van der Waals surface area contributed by atoms with Gasteiger partial charge in [-0.25, -0.2) is 0 Å². The maximum absolute atomic E-state index is 12.7. The van der Waals surface area contributed by atoms with Crippen LogP contribution in [0.15, 0.2) is 48.5 Å². The van der Waals surface area contributed by atoms with Crippen LogP contribution in [0.25, 0.3) is 0 Å². The van der Waals surface area contributed by atoms with E-state index in [9.17, 15) is 22.8 Å². The van der Waals surface area contributed by atoms with Crippen molar-refractivity contribution >= 4 is 35.2 Å². The van der Waals surface area contributed by atoms with Crippen LogP contribution in [0.2, 0.25) is 5.02 Å². The number of benzene rings is 2. The Morgan fingerprint density at radius 1 is 0.900 bits per heavy atom. The van der Waals surface area contributed by atoms with Gasteiger partial charge >= 0.3 is 6.18 Å². The normalized spacial score (nSPS) is 14.7. The van der Waals surface area contributed by atoms with E-state index in [0.29, 0.717) is 42.7 Å². The van der Waals surface area contributed by atoms with E-state index in [0.717, 1.165) is 17.7 Å². The van der Waals surface area contributed by atoms with Crippen molar-refractivity contribution in [2.45, 2.75) is 11.9 Å². The lowest BCUT2D eigenvalue weighted by Gasteiger charge is -2.34. The first-order valence-electron chi connectivity index (χ1n) is 9.30. The predicted octanol–water partition coefficient (Wildman–Crippen LogP) is 4.58. The lowest BCUT2D eigenvalue weighted by molar-refractivity contribution is -0.137. The fraction of sp³-hybridized carbons (Fsp3) is 0.333. The summed E-state index contributed by atoms with van der Waals surface area (Å²) in [7, 11) is 0. The van der Waals surface area contributed by atoms with Gasteiger partial charge in [-0.2, -0.15) is 13.2 Å². The van der Waals surface area contributed by atoms with Crippen LogP contribution in [0.4, 0.5) is 13.2 Å². The van der Waals surface area contributed by atoms with Crippen molar-refractivity contribution < 1.29 is 22.8 Å². The standard InChI is InChI=1S/C21H20ClF3N2O2S/c22-18-7-1-15(2-8-18)13-30-14-19(28)26-9-11-27(12-10-26)20(29)16-3-5-17(6-4-16)21(23,24)25/h1-8H,9-14H2. The predicted molar refractivity (Wildman–Crippen MR) is 112 cm³/mol. The van der Waals surface area contributed by atoms with Gasteiger partial charge in [0.15, 0.2) is 0 Å². The topological polar surface area (TPSA) is 40.6 Å². The largest absolute Gasteiger partial charge is 0.416 e. The summed E-state index contributed by atoms with van der Waals surface area (Å²) < 4.78 is 38.0. The van der Waals surface area contributed by atoms with Crippen molar-refractivity contribution in [2.24, 2.45) is 0 Å². The van der Waals surface area contributed by atoms with Gasteiger partial charge in [0.05, 0.1) is 11.3 Å². The molecule has 1 fully saturated rings. The first-order chi connectivity index (χ1) is 14.2. The number of thioether (sulfide) groups is 1. The van der Waals surface area contributed by atoms with E-state index in [1.165, 1.54) is 23.9 Å². The van der Waals surface area contributed by atoms with E-state index in [1.54, 1.807) is 9.80 Å². The van der Waals surface area contributed by atoms with Crippen LogP contribution in [-0.4, -0.2) is 53.5 Å². The van der Waals surface area contributed by atoms with Gasteiger partial charge in [-0.3, -0.25) is 9.59 Å². The second-order valence-electron chi connectivity index (χ2n) is 6.87. The van der Waals surface area contributed by atoms with E-state index >= 15 is 0 Å². The molecule has 0 unspecified atom stereocenters. The Balaban J connectivity index is 1.45. The van der Waals surface area contributed by atoms with Gasteiger partial charge in [0.25, 0.3) is 5.91 Å². The lowest BCUT2D eigenvalue weighted by atomic mass is 10.1. The molecular formula is C21H20ClF3N2O2S. The van der Waals surface area contributed by atoms with E-state index in [1.807, 2.05) is 24.3 Å². The molecule has 0 bridgehead atoms. The number of rotatable bonds is 5. The molecule has 3 rings (SSSR count). The maximum atomic E-state index is 12.7. The van der Waals surface area contributed by atoms with Crippen LogP contribution in [-0.2, 0) is 16.7 Å². The number of carbonyl (C=O) groups is 2. The highest BCUT2D eigenvalue weighted by Gasteiger charge is 2.31. The monoisotopic (exact) mass is 456 g/mol. The zero-order valence-corrected chi connectivity index (χ0v) is 17.6. The Labute approximate surface area is 182 Å². The molecule has 30 heavy (non-hydrogen) atoms. The van der Waals surface area contributed by atoms with Gasteiger partial charge < -0.3 is 9.80 Å². The summed E-state index contributed by atoms with van der Waals surface area (Å²) in [5.74, 6) is 0.730. The number of carbonyl (C=O) groups excluding carboxylic acids is 2. The Bertz CT molecular complexity index is 881. The van der Waals surface area contributed by atoms with Crippen molar-refractivity contribution in [2.75, 3.05) is 31.9 Å². The van der Waals surface area contributed by atoms with Gasteiger partial charge in [-0.05, 0) is 42.0 Å². The molecule has 1 saturated heterocycles. The minimum absolute atomic E-state index is 0.00981. The highest BCUT2D eigenvalue weighted by Crippen LogP contribution is 2.29. The zero-order chi connectivity index (χ0) is 21.7. The third kappa shape index (κ3) is 5.92. The third-order valence-corrected chi connectivity index (χ3v) is 6.03. The Kier molecular flexibility index (Phi) is 7.31. The highest BCUT2D eigenvalue weighted by atomic mass is 35.5. The Hall–Kier alpha value is -2.19. The first kappa shape index (κ1) is 22.5. The SMILES string of the molecule is O=C(CSCc1ccc(Cl)cc1)N1CCN(C(=O)c2ccc(C(F)(F)F)cc2)CC1. The summed E-state index contributed by atoms with van der Waals surface area (Å²) in [6, 6.07) is 11.7. The highest BCUT2D eigenvalue weighted by molar-refractivity contribution is 7.99. The average molecular weight is 457 g/mol. The molecule has 2 aromatic rings. The van der Waals surface area contributed by atoms with E-state index < -0.39 is 11.7 Å². The van der Waals surface area contributed by atoms with E-state index in [2.05, 4.69) is 0 Å². The quantitative estimate of drug-likeness (QED) is 0.661. The van der Waals surface area contributed by atoms with Crippen molar-refractivity contribution in [3.63, 3.8) is 0 Å².